The summed E-state index contributed by atoms with van der Waals surface area (Å²) in [6.07, 6.45) is 1.68. The van der Waals surface area contributed by atoms with Crippen molar-refractivity contribution < 1.29 is 13.2 Å². The summed E-state index contributed by atoms with van der Waals surface area (Å²) in [5, 5.41) is 0. The summed E-state index contributed by atoms with van der Waals surface area (Å²) in [6, 6.07) is 1.66. The number of hydrogen-bond donors (Lipinski definition) is 2. The maximum atomic E-state index is 12.6. The zero-order valence-electron chi connectivity index (χ0n) is 12.2. The predicted molar refractivity (Wildman–Crippen MR) is 79.2 cm³/mol. The third-order valence-electron chi connectivity index (χ3n) is 3.71. The number of nitrogens with one attached hydrogen (secondary N) is 1. The third kappa shape index (κ3) is 2.97. The van der Waals surface area contributed by atoms with E-state index in [1.165, 1.54) is 0 Å². The lowest BCUT2D eigenvalue weighted by molar-refractivity contribution is 0.0774. The minimum Gasteiger partial charge on any atom is -0.398 e. The highest BCUT2D eigenvalue weighted by Crippen LogP contribution is 2.28. The van der Waals surface area contributed by atoms with Crippen LogP contribution in [0.4, 0.5) is 5.69 Å². The van der Waals surface area contributed by atoms with Crippen molar-refractivity contribution in [3.05, 3.63) is 22.8 Å². The van der Waals surface area contributed by atoms with Crippen LogP contribution in [0, 0.1) is 20.8 Å². The molecule has 2 rings (SSSR count). The number of rotatable bonds is 3. The molecule has 3 N–H and O–H groups in total. The summed E-state index contributed by atoms with van der Waals surface area (Å²) in [4.78, 5) is 0.297. The van der Waals surface area contributed by atoms with Gasteiger partial charge in [-0.15, -0.1) is 0 Å². The summed E-state index contributed by atoms with van der Waals surface area (Å²) < 4.78 is 33.2. The zero-order valence-corrected chi connectivity index (χ0v) is 13.0. The minimum absolute atomic E-state index is 0.157. The van der Waals surface area contributed by atoms with Crippen LogP contribution >= 0.6 is 0 Å². The molecule has 1 saturated heterocycles. The van der Waals surface area contributed by atoms with E-state index in [0.29, 0.717) is 29.4 Å². The normalized spacial score (nSPS) is 20.1. The van der Waals surface area contributed by atoms with Crippen molar-refractivity contribution in [1.29, 1.82) is 0 Å². The molecule has 0 bridgehead atoms. The molecule has 1 aliphatic rings. The van der Waals surface area contributed by atoms with Crippen molar-refractivity contribution in [3.8, 4) is 0 Å². The van der Waals surface area contributed by atoms with Gasteiger partial charge >= 0.3 is 0 Å². The number of hydrogen-bond acceptors (Lipinski definition) is 4. The molecule has 1 aromatic rings. The molecule has 1 aromatic carbocycles. The Balaban J connectivity index is 2.36. The lowest BCUT2D eigenvalue weighted by atomic mass is 10.1. The van der Waals surface area contributed by atoms with E-state index in [9.17, 15) is 8.42 Å². The van der Waals surface area contributed by atoms with Gasteiger partial charge in [-0.2, -0.15) is 0 Å². The second-order valence-corrected chi connectivity index (χ2v) is 7.06. The van der Waals surface area contributed by atoms with Crippen molar-refractivity contribution in [1.82, 2.24) is 4.72 Å². The Morgan fingerprint density at radius 1 is 1.30 bits per heavy atom. The highest BCUT2D eigenvalue weighted by Gasteiger charge is 2.26. The number of sulfonamides is 1. The molecule has 0 amide bonds. The van der Waals surface area contributed by atoms with E-state index in [-0.39, 0.29) is 6.04 Å². The van der Waals surface area contributed by atoms with Gasteiger partial charge < -0.3 is 10.5 Å². The van der Waals surface area contributed by atoms with Crippen molar-refractivity contribution in [2.75, 3.05) is 18.9 Å². The van der Waals surface area contributed by atoms with Crippen LogP contribution in [0.25, 0.3) is 0 Å². The molecule has 1 heterocycles. The summed E-state index contributed by atoms with van der Waals surface area (Å²) in [6.45, 7) is 6.56. The molecule has 20 heavy (non-hydrogen) atoms. The summed E-state index contributed by atoms with van der Waals surface area (Å²) in [5.41, 5.74) is 8.74. The van der Waals surface area contributed by atoms with Crippen LogP contribution in [0.3, 0.4) is 0 Å². The second-order valence-electron chi connectivity index (χ2n) is 5.41. The molecule has 1 aliphatic heterocycles. The fourth-order valence-corrected chi connectivity index (χ4v) is 4.45. The third-order valence-corrected chi connectivity index (χ3v) is 5.52. The van der Waals surface area contributed by atoms with Crippen LogP contribution in [0.2, 0.25) is 0 Å². The van der Waals surface area contributed by atoms with Crippen molar-refractivity contribution in [2.24, 2.45) is 0 Å². The lowest BCUT2D eigenvalue weighted by Crippen LogP contribution is -2.41. The zero-order chi connectivity index (χ0) is 14.9. The van der Waals surface area contributed by atoms with Gasteiger partial charge in [0.25, 0.3) is 0 Å². The standard InChI is InChI=1S/C14H22N2O3S/c1-9-7-10(2)14(11(3)13(9)15)20(17,18)16-12-5-4-6-19-8-12/h7,12,16H,4-6,8,15H2,1-3H3. The number of benzene rings is 1. The van der Waals surface area contributed by atoms with E-state index >= 15 is 0 Å². The molecule has 112 valence electrons. The van der Waals surface area contributed by atoms with Crippen molar-refractivity contribution in [2.45, 2.75) is 44.6 Å². The molecular weight excluding hydrogens is 276 g/mol. The number of nitrogens with two attached hydrogens (primary N) is 1. The summed E-state index contributed by atoms with van der Waals surface area (Å²) >= 11 is 0. The van der Waals surface area contributed by atoms with Gasteiger partial charge in [0.05, 0.1) is 11.5 Å². The molecule has 0 saturated carbocycles. The largest absolute Gasteiger partial charge is 0.398 e. The molecule has 0 aliphatic carbocycles. The average molecular weight is 298 g/mol. The number of nitrogen functional groups attached to an aromatic ring is 1. The van der Waals surface area contributed by atoms with Gasteiger partial charge in [-0.1, -0.05) is 6.07 Å². The Labute approximate surface area is 120 Å². The van der Waals surface area contributed by atoms with Crippen LogP contribution in [-0.4, -0.2) is 27.7 Å². The molecule has 1 atom stereocenters. The second kappa shape index (κ2) is 5.71. The van der Waals surface area contributed by atoms with Crippen LogP contribution < -0.4 is 10.5 Å². The van der Waals surface area contributed by atoms with E-state index in [2.05, 4.69) is 4.72 Å². The molecule has 0 spiro atoms. The maximum Gasteiger partial charge on any atom is 0.241 e. The molecular formula is C14H22N2O3S. The van der Waals surface area contributed by atoms with Gasteiger partial charge in [0.15, 0.2) is 0 Å². The summed E-state index contributed by atoms with van der Waals surface area (Å²) in [7, 11) is -3.57. The Bertz CT molecular complexity index is 605. The maximum absolute atomic E-state index is 12.6. The van der Waals surface area contributed by atoms with Gasteiger partial charge in [0.1, 0.15) is 0 Å². The first-order valence-electron chi connectivity index (χ1n) is 6.79. The highest BCUT2D eigenvalue weighted by molar-refractivity contribution is 7.89. The Kier molecular flexibility index (Phi) is 4.36. The van der Waals surface area contributed by atoms with Gasteiger partial charge in [0.2, 0.25) is 10.0 Å². The molecule has 5 nitrogen and oxygen atoms in total. The van der Waals surface area contributed by atoms with E-state index in [4.69, 9.17) is 10.5 Å². The Morgan fingerprint density at radius 3 is 2.60 bits per heavy atom. The number of ether oxygens (including phenoxy) is 1. The van der Waals surface area contributed by atoms with Crippen molar-refractivity contribution in [3.63, 3.8) is 0 Å². The Morgan fingerprint density at radius 2 is 2.00 bits per heavy atom. The van der Waals surface area contributed by atoms with E-state index < -0.39 is 10.0 Å². The lowest BCUT2D eigenvalue weighted by Gasteiger charge is -2.24. The van der Waals surface area contributed by atoms with Crippen LogP contribution in [-0.2, 0) is 14.8 Å². The molecule has 1 fully saturated rings. The first-order chi connectivity index (χ1) is 9.33. The van der Waals surface area contributed by atoms with Gasteiger partial charge in [0, 0.05) is 18.3 Å². The molecule has 1 unspecified atom stereocenters. The first kappa shape index (κ1) is 15.3. The van der Waals surface area contributed by atoms with Crippen LogP contribution in [0.15, 0.2) is 11.0 Å². The van der Waals surface area contributed by atoms with Gasteiger partial charge in [-0.25, -0.2) is 13.1 Å². The SMILES string of the molecule is Cc1cc(C)c(S(=O)(=O)NC2CCCOC2)c(C)c1N. The predicted octanol–water partition coefficient (Wildman–Crippen LogP) is 1.65. The van der Waals surface area contributed by atoms with E-state index in [0.717, 1.165) is 24.0 Å². The van der Waals surface area contributed by atoms with Crippen LogP contribution in [0.5, 0.6) is 0 Å². The molecule has 0 aromatic heterocycles. The molecule has 0 radical (unpaired) electrons. The highest BCUT2D eigenvalue weighted by atomic mass is 32.2. The molecule has 6 heteroatoms. The summed E-state index contributed by atoms with van der Waals surface area (Å²) in [5.74, 6) is 0. The topological polar surface area (TPSA) is 81.4 Å². The van der Waals surface area contributed by atoms with E-state index in [1.807, 2.05) is 13.0 Å². The smallest absolute Gasteiger partial charge is 0.241 e. The fourth-order valence-electron chi connectivity index (χ4n) is 2.71. The average Bonchev–Trinajstić information content (AvgIpc) is 2.36. The fraction of sp³-hybridized carbons (Fsp3) is 0.571. The van der Waals surface area contributed by atoms with Crippen LogP contribution in [0.1, 0.15) is 29.5 Å². The van der Waals surface area contributed by atoms with E-state index in [1.54, 1.807) is 13.8 Å². The quantitative estimate of drug-likeness (QED) is 0.831. The van der Waals surface area contributed by atoms with Gasteiger partial charge in [-0.05, 0) is 50.3 Å². The first-order valence-corrected chi connectivity index (χ1v) is 8.27. The van der Waals surface area contributed by atoms with Gasteiger partial charge in [-0.3, -0.25) is 0 Å². The number of anilines is 1. The monoisotopic (exact) mass is 298 g/mol. The Hall–Kier alpha value is -1.11. The number of aryl methyl sites for hydroxylation is 2. The van der Waals surface area contributed by atoms with Crippen molar-refractivity contribution >= 4 is 15.7 Å². The minimum atomic E-state index is -3.57.